The Bertz CT molecular complexity index is 925. The maximum absolute atomic E-state index is 12.6. The Kier molecular flexibility index (Phi) is 6.70. The van der Waals surface area contributed by atoms with Gasteiger partial charge in [-0.1, -0.05) is 50.2 Å². The van der Waals surface area contributed by atoms with E-state index >= 15 is 0 Å². The number of hydrogen-bond donors (Lipinski definition) is 3. The minimum absolute atomic E-state index is 0.0151. The van der Waals surface area contributed by atoms with Crippen LogP contribution in [0.5, 0.6) is 0 Å². The van der Waals surface area contributed by atoms with Gasteiger partial charge >= 0.3 is 0 Å². The Labute approximate surface area is 159 Å². The minimum atomic E-state index is -3.81. The third-order valence-corrected chi connectivity index (χ3v) is 5.42. The van der Waals surface area contributed by atoms with E-state index in [0.717, 1.165) is 5.56 Å². The Balaban J connectivity index is 2.15. The van der Waals surface area contributed by atoms with E-state index in [1.165, 1.54) is 12.1 Å². The number of hydrogen-bond acceptors (Lipinski definition) is 4. The number of carbonyl (C=O) groups is 2. The summed E-state index contributed by atoms with van der Waals surface area (Å²) < 4.78 is 27.8. The lowest BCUT2D eigenvalue weighted by molar-refractivity contribution is -0.124. The fourth-order valence-corrected chi connectivity index (χ4v) is 3.50. The highest BCUT2D eigenvalue weighted by molar-refractivity contribution is 7.89. The van der Waals surface area contributed by atoms with E-state index in [0.29, 0.717) is 5.56 Å². The molecule has 2 aromatic carbocycles. The van der Waals surface area contributed by atoms with Crippen molar-refractivity contribution in [3.05, 3.63) is 65.2 Å². The van der Waals surface area contributed by atoms with Gasteiger partial charge in [0, 0.05) is 18.0 Å². The molecule has 0 fully saturated rings. The summed E-state index contributed by atoms with van der Waals surface area (Å²) in [5, 5.41) is 0. The van der Waals surface area contributed by atoms with Gasteiger partial charge in [0.15, 0.2) is 0 Å². The Hall–Kier alpha value is -2.71. The van der Waals surface area contributed by atoms with Crippen LogP contribution in [0.2, 0.25) is 0 Å². The first-order chi connectivity index (χ1) is 12.7. The van der Waals surface area contributed by atoms with Gasteiger partial charge in [0.1, 0.15) is 0 Å². The van der Waals surface area contributed by atoms with E-state index in [-0.39, 0.29) is 28.8 Å². The molecule has 27 heavy (non-hydrogen) atoms. The highest BCUT2D eigenvalue weighted by Crippen LogP contribution is 2.17. The first-order valence-electron chi connectivity index (χ1n) is 8.45. The highest BCUT2D eigenvalue weighted by Gasteiger charge is 2.19. The summed E-state index contributed by atoms with van der Waals surface area (Å²) in [7, 11) is -3.81. The highest BCUT2D eigenvalue weighted by atomic mass is 32.2. The topological polar surface area (TPSA) is 104 Å². The van der Waals surface area contributed by atoms with Crippen molar-refractivity contribution in [3.8, 4) is 0 Å². The van der Waals surface area contributed by atoms with Gasteiger partial charge in [-0.2, -0.15) is 0 Å². The zero-order valence-electron chi connectivity index (χ0n) is 15.4. The summed E-state index contributed by atoms with van der Waals surface area (Å²) in [5.74, 6) is -1.22. The molecular weight excluding hydrogens is 366 g/mol. The van der Waals surface area contributed by atoms with Crippen molar-refractivity contribution in [3.63, 3.8) is 0 Å². The second-order valence-corrected chi connectivity index (χ2v) is 8.12. The zero-order valence-corrected chi connectivity index (χ0v) is 16.3. The van der Waals surface area contributed by atoms with Crippen molar-refractivity contribution >= 4 is 21.8 Å². The second kappa shape index (κ2) is 8.79. The number of hydrazine groups is 1. The van der Waals surface area contributed by atoms with Crippen LogP contribution in [-0.4, -0.2) is 20.2 Å². The lowest BCUT2D eigenvalue weighted by Crippen LogP contribution is -2.43. The van der Waals surface area contributed by atoms with Crippen molar-refractivity contribution in [2.45, 2.75) is 32.2 Å². The molecule has 0 saturated carbocycles. The van der Waals surface area contributed by atoms with Crippen molar-refractivity contribution in [2.75, 3.05) is 0 Å². The van der Waals surface area contributed by atoms with E-state index in [2.05, 4.69) is 15.6 Å². The SMILES string of the molecule is Cc1ccc(C(=O)NNC(=O)C(C)C)cc1S(=O)(=O)NCc1ccccc1. The summed E-state index contributed by atoms with van der Waals surface area (Å²) in [6.45, 7) is 5.18. The smallest absolute Gasteiger partial charge is 0.269 e. The lowest BCUT2D eigenvalue weighted by atomic mass is 10.1. The summed E-state index contributed by atoms with van der Waals surface area (Å²) in [6.07, 6.45) is 0. The molecule has 144 valence electrons. The van der Waals surface area contributed by atoms with E-state index in [1.54, 1.807) is 26.8 Å². The quantitative estimate of drug-likeness (QED) is 0.656. The van der Waals surface area contributed by atoms with Gasteiger partial charge in [0.25, 0.3) is 5.91 Å². The predicted octanol–water partition coefficient (Wildman–Crippen LogP) is 1.89. The molecule has 2 amide bonds. The number of nitrogens with one attached hydrogen (secondary N) is 3. The van der Waals surface area contributed by atoms with Crippen LogP contribution in [0.25, 0.3) is 0 Å². The largest absolute Gasteiger partial charge is 0.273 e. The molecule has 0 atom stereocenters. The summed E-state index contributed by atoms with van der Waals surface area (Å²) in [6, 6.07) is 13.5. The molecule has 2 rings (SSSR count). The van der Waals surface area contributed by atoms with Crippen LogP contribution in [0, 0.1) is 12.8 Å². The van der Waals surface area contributed by atoms with Crippen LogP contribution in [0.4, 0.5) is 0 Å². The van der Waals surface area contributed by atoms with Crippen molar-refractivity contribution < 1.29 is 18.0 Å². The first kappa shape index (κ1) is 20.6. The molecule has 0 aliphatic heterocycles. The van der Waals surface area contributed by atoms with Crippen molar-refractivity contribution in [1.82, 2.24) is 15.6 Å². The summed E-state index contributed by atoms with van der Waals surface area (Å²) in [5.41, 5.74) is 6.04. The molecule has 0 radical (unpaired) electrons. The normalized spacial score (nSPS) is 11.3. The summed E-state index contributed by atoms with van der Waals surface area (Å²) in [4.78, 5) is 23.8. The molecule has 0 unspecified atom stereocenters. The fourth-order valence-electron chi connectivity index (χ4n) is 2.22. The fraction of sp³-hybridized carbons (Fsp3) is 0.263. The molecule has 0 heterocycles. The van der Waals surface area contributed by atoms with Gasteiger partial charge < -0.3 is 0 Å². The average molecular weight is 389 g/mol. The van der Waals surface area contributed by atoms with Gasteiger partial charge in [-0.25, -0.2) is 13.1 Å². The molecule has 3 N–H and O–H groups in total. The van der Waals surface area contributed by atoms with Gasteiger partial charge in [-0.15, -0.1) is 0 Å². The third kappa shape index (κ3) is 5.63. The minimum Gasteiger partial charge on any atom is -0.273 e. The number of carbonyl (C=O) groups excluding carboxylic acids is 2. The van der Waals surface area contributed by atoms with Gasteiger partial charge in [-0.3, -0.25) is 20.4 Å². The molecule has 0 bridgehead atoms. The van der Waals surface area contributed by atoms with Crippen molar-refractivity contribution in [2.24, 2.45) is 5.92 Å². The monoisotopic (exact) mass is 389 g/mol. The van der Waals surface area contributed by atoms with Crippen LogP contribution in [-0.2, 0) is 21.4 Å². The Morgan fingerprint density at radius 1 is 1.00 bits per heavy atom. The van der Waals surface area contributed by atoms with E-state index in [4.69, 9.17) is 0 Å². The second-order valence-electron chi connectivity index (χ2n) is 6.39. The number of rotatable bonds is 6. The van der Waals surface area contributed by atoms with Crippen LogP contribution in [0.1, 0.15) is 35.3 Å². The van der Waals surface area contributed by atoms with E-state index < -0.39 is 15.9 Å². The van der Waals surface area contributed by atoms with E-state index in [1.807, 2.05) is 30.3 Å². The molecule has 0 aliphatic carbocycles. The van der Waals surface area contributed by atoms with Crippen LogP contribution in [0.3, 0.4) is 0 Å². The third-order valence-electron chi connectivity index (χ3n) is 3.87. The first-order valence-corrected chi connectivity index (χ1v) is 9.93. The van der Waals surface area contributed by atoms with Gasteiger partial charge in [-0.05, 0) is 30.2 Å². The number of aryl methyl sites for hydroxylation is 1. The summed E-state index contributed by atoms with van der Waals surface area (Å²) >= 11 is 0. The Morgan fingerprint density at radius 3 is 2.30 bits per heavy atom. The Morgan fingerprint density at radius 2 is 1.67 bits per heavy atom. The number of amides is 2. The zero-order chi connectivity index (χ0) is 20.0. The molecule has 0 aliphatic rings. The molecular formula is C19H23N3O4S. The number of sulfonamides is 1. The number of benzene rings is 2. The molecule has 2 aromatic rings. The van der Waals surface area contributed by atoms with Crippen molar-refractivity contribution in [1.29, 1.82) is 0 Å². The van der Waals surface area contributed by atoms with Gasteiger partial charge in [0.2, 0.25) is 15.9 Å². The maximum atomic E-state index is 12.6. The standard InChI is InChI=1S/C19H23N3O4S/c1-13(2)18(23)21-22-19(24)16-10-9-14(3)17(11-16)27(25,26)20-12-15-7-5-4-6-8-15/h4-11,13,20H,12H2,1-3H3,(H,21,23)(H,22,24). The maximum Gasteiger partial charge on any atom is 0.269 e. The van der Waals surface area contributed by atoms with Crippen LogP contribution >= 0.6 is 0 Å². The lowest BCUT2D eigenvalue weighted by Gasteiger charge is -2.12. The molecule has 0 aromatic heterocycles. The average Bonchev–Trinajstić information content (AvgIpc) is 2.65. The molecule has 0 spiro atoms. The van der Waals surface area contributed by atoms with Crippen LogP contribution in [0.15, 0.2) is 53.4 Å². The molecule has 8 heteroatoms. The van der Waals surface area contributed by atoms with Gasteiger partial charge in [0.05, 0.1) is 4.90 Å². The van der Waals surface area contributed by atoms with Crippen LogP contribution < -0.4 is 15.6 Å². The van der Waals surface area contributed by atoms with E-state index in [9.17, 15) is 18.0 Å². The molecule has 0 saturated heterocycles. The predicted molar refractivity (Wildman–Crippen MR) is 102 cm³/mol. The molecule has 7 nitrogen and oxygen atoms in total.